The molecule has 0 spiro atoms. The summed E-state index contributed by atoms with van der Waals surface area (Å²) in [5, 5.41) is 62.0. The second-order valence-electron chi connectivity index (χ2n) is 3.71. The molecule has 1 rings (SSSR count). The Bertz CT molecular complexity index is 283. The number of carboxylic acid groups (broad SMARTS) is 1. The third-order valence-corrected chi connectivity index (χ3v) is 2.21. The molecular formula is C9H21CaCl3Na2O11. The normalized spacial score (nSPS) is 25.9. The first-order valence-electron chi connectivity index (χ1n) is 5.09. The molecule has 1 heterocycles. The van der Waals surface area contributed by atoms with Crippen molar-refractivity contribution in [3.63, 3.8) is 0 Å². The topological polar surface area (TPSA) is 234 Å². The Morgan fingerprint density at radius 3 is 1.54 bits per heavy atom. The van der Waals surface area contributed by atoms with Crippen molar-refractivity contribution in [3.05, 3.63) is 0 Å². The van der Waals surface area contributed by atoms with Gasteiger partial charge >= 0.3 is 96.9 Å². The number of hydrogen-bond donors (Lipinski definition) is 6. The molecule has 0 saturated carbocycles. The number of aliphatic carboxylic acids is 1. The van der Waals surface area contributed by atoms with Crippen LogP contribution in [0.4, 0.5) is 0 Å². The van der Waals surface area contributed by atoms with Crippen molar-refractivity contribution < 1.29 is 153 Å². The summed E-state index contributed by atoms with van der Waals surface area (Å²) in [6.07, 6.45) is -8.38. The Balaban J connectivity index is -0.0000000269. The Kier molecular flexibility index (Phi) is 66.6. The molecule has 17 heteroatoms. The summed E-state index contributed by atoms with van der Waals surface area (Å²) in [6.45, 7) is 0.608. The van der Waals surface area contributed by atoms with Crippen molar-refractivity contribution in [3.8, 4) is 0 Å². The van der Waals surface area contributed by atoms with Crippen molar-refractivity contribution in [1.29, 1.82) is 0 Å². The number of halogens is 3. The second-order valence-corrected chi connectivity index (χ2v) is 3.71. The van der Waals surface area contributed by atoms with Crippen molar-refractivity contribution in [1.82, 2.24) is 0 Å². The molecule has 0 aromatic carbocycles. The largest absolute Gasteiger partial charge is 2.00 e. The maximum Gasteiger partial charge on any atom is 2.00 e. The predicted molar refractivity (Wildman–Crippen MR) is 65.7 cm³/mol. The van der Waals surface area contributed by atoms with Crippen LogP contribution < -0.4 is 101 Å². The Labute approximate surface area is 243 Å². The van der Waals surface area contributed by atoms with E-state index in [0.29, 0.717) is 0 Å². The fourth-order valence-corrected chi connectivity index (χ4v) is 1.08. The fraction of sp³-hybridized carbons (Fsp3) is 0.889. The van der Waals surface area contributed by atoms with Gasteiger partial charge in [-0.05, 0) is 6.92 Å². The zero-order chi connectivity index (χ0) is 14.5. The van der Waals surface area contributed by atoms with Gasteiger partial charge in [0, 0.05) is 0 Å². The molecule has 6 atom stereocenters. The number of carboxylic acids is 1. The molecule has 26 heavy (non-hydrogen) atoms. The van der Waals surface area contributed by atoms with Crippen molar-refractivity contribution >= 4 is 43.7 Å². The van der Waals surface area contributed by atoms with E-state index in [0.717, 1.165) is 6.92 Å². The molecule has 0 aromatic rings. The first-order chi connectivity index (χ1) is 8.22. The molecule has 10 N–H and O–H groups in total. The molecule has 6 unspecified atom stereocenters. The van der Waals surface area contributed by atoms with Crippen LogP contribution in [-0.2, 0) is 9.53 Å². The predicted octanol–water partition coefficient (Wildman–Crippen LogP) is -22.1. The molecule has 0 amide bonds. The average molecular weight is 498 g/mol. The molecule has 148 valence electrons. The molecule has 0 bridgehead atoms. The Morgan fingerprint density at radius 2 is 1.31 bits per heavy atom. The van der Waals surface area contributed by atoms with Gasteiger partial charge in [0.25, 0.3) is 0 Å². The standard InChI is InChI=1S/C6H12O6.C3H6O3.Ca.3ClH.2Na.2H2O/c7-1-2-3(8)4(9)5(10)6(11)12-2;1-2(4)3(5)6;;;;;;;;/h2-11H,1H2;2,4H,1H3,(H,5,6);;3*1H;;;2*1H2/q;;+2;;;;2*+1;;/p-4. The molecular weight excluding hydrogens is 477 g/mol. The van der Waals surface area contributed by atoms with E-state index in [1.54, 1.807) is 0 Å². The number of ether oxygens (including phenoxy) is 1. The van der Waals surface area contributed by atoms with Gasteiger partial charge in [-0.15, -0.1) is 0 Å². The van der Waals surface area contributed by atoms with Crippen LogP contribution in [0.25, 0.3) is 0 Å². The van der Waals surface area contributed by atoms with E-state index in [2.05, 4.69) is 4.74 Å². The van der Waals surface area contributed by atoms with Crippen LogP contribution in [-0.4, -0.2) is 129 Å². The minimum Gasteiger partial charge on any atom is -1.00 e. The SMILES string of the molecule is CC(O)C(=O)[O-].O.O.OCC1OC(O)C(O)C(O)C1O.[Ca+2].[Cl-].[Cl-].[Cl-].[Na+].[Na+]. The molecule has 11 nitrogen and oxygen atoms in total. The molecule has 1 aliphatic heterocycles. The monoisotopic (exact) mass is 496 g/mol. The second kappa shape index (κ2) is 30.4. The molecule has 1 saturated heterocycles. The number of carbonyl (C=O) groups excluding carboxylic acids is 1. The summed E-state index contributed by atoms with van der Waals surface area (Å²) in [4.78, 5) is 9.34. The summed E-state index contributed by atoms with van der Waals surface area (Å²) in [7, 11) is 0. The summed E-state index contributed by atoms with van der Waals surface area (Å²) < 4.78 is 4.58. The quantitative estimate of drug-likeness (QED) is 0.198. The van der Waals surface area contributed by atoms with Gasteiger partial charge < -0.3 is 93.5 Å². The van der Waals surface area contributed by atoms with Crippen molar-refractivity contribution in [2.24, 2.45) is 0 Å². The van der Waals surface area contributed by atoms with Gasteiger partial charge in [-0.3, -0.25) is 0 Å². The van der Waals surface area contributed by atoms with E-state index in [1.165, 1.54) is 0 Å². The minimum atomic E-state index is -1.57. The van der Waals surface area contributed by atoms with Crippen LogP contribution in [0.5, 0.6) is 0 Å². The minimum absolute atomic E-state index is 0. The van der Waals surface area contributed by atoms with Gasteiger partial charge in [-0.1, -0.05) is 0 Å². The summed E-state index contributed by atoms with van der Waals surface area (Å²) in [6, 6.07) is 0. The zero-order valence-electron chi connectivity index (χ0n) is 14.4. The maximum absolute atomic E-state index is 9.34. The third kappa shape index (κ3) is 21.9. The number of carbonyl (C=O) groups is 1. The first-order valence-corrected chi connectivity index (χ1v) is 5.09. The van der Waals surface area contributed by atoms with Gasteiger partial charge in [0.1, 0.15) is 24.4 Å². The molecule has 1 fully saturated rings. The summed E-state index contributed by atoms with van der Waals surface area (Å²) in [5.74, 6) is -1.44. The molecule has 1 aliphatic rings. The van der Waals surface area contributed by atoms with E-state index < -0.39 is 49.4 Å². The number of rotatable bonds is 2. The van der Waals surface area contributed by atoms with Crippen LogP contribution in [0.15, 0.2) is 0 Å². The van der Waals surface area contributed by atoms with Crippen LogP contribution in [0.3, 0.4) is 0 Å². The van der Waals surface area contributed by atoms with E-state index >= 15 is 0 Å². The number of aliphatic hydroxyl groups excluding tert-OH is 6. The van der Waals surface area contributed by atoms with E-state index in [4.69, 9.17) is 30.6 Å². The number of aliphatic hydroxyl groups is 6. The smallest absolute Gasteiger partial charge is 1.00 e. The summed E-state index contributed by atoms with van der Waals surface area (Å²) >= 11 is 0. The Morgan fingerprint density at radius 1 is 1.00 bits per heavy atom. The van der Waals surface area contributed by atoms with Crippen LogP contribution in [0.1, 0.15) is 6.92 Å². The van der Waals surface area contributed by atoms with Gasteiger partial charge in [0.15, 0.2) is 6.29 Å². The molecule has 0 radical (unpaired) electrons. The van der Waals surface area contributed by atoms with Crippen molar-refractivity contribution in [2.45, 2.75) is 43.7 Å². The molecule has 0 aliphatic carbocycles. The Hall–Kier alpha value is 3.24. The van der Waals surface area contributed by atoms with E-state index in [9.17, 15) is 9.90 Å². The van der Waals surface area contributed by atoms with E-state index in [-0.39, 0.29) is 145 Å². The van der Waals surface area contributed by atoms with Crippen LogP contribution >= 0.6 is 0 Å². The molecule has 0 aromatic heterocycles. The van der Waals surface area contributed by atoms with Gasteiger partial charge in [0.2, 0.25) is 0 Å². The average Bonchev–Trinajstić information content (AvgIpc) is 2.31. The number of hydrogen-bond acceptors (Lipinski definition) is 9. The van der Waals surface area contributed by atoms with Gasteiger partial charge in [-0.2, -0.15) is 0 Å². The van der Waals surface area contributed by atoms with Crippen molar-refractivity contribution in [2.75, 3.05) is 6.61 Å². The zero-order valence-corrected chi connectivity index (χ0v) is 22.9. The maximum atomic E-state index is 9.34. The van der Waals surface area contributed by atoms with Crippen LogP contribution in [0, 0.1) is 0 Å². The van der Waals surface area contributed by atoms with Gasteiger partial charge in [-0.25, -0.2) is 0 Å². The fourth-order valence-electron chi connectivity index (χ4n) is 1.08. The summed E-state index contributed by atoms with van der Waals surface area (Å²) in [5.41, 5.74) is 0. The third-order valence-electron chi connectivity index (χ3n) is 2.21. The first kappa shape index (κ1) is 56.9. The van der Waals surface area contributed by atoms with Crippen LogP contribution in [0.2, 0.25) is 0 Å². The van der Waals surface area contributed by atoms with E-state index in [1.807, 2.05) is 0 Å². The van der Waals surface area contributed by atoms with Gasteiger partial charge in [0.05, 0.1) is 18.7 Å².